The first kappa shape index (κ1) is 22.3. The lowest BCUT2D eigenvalue weighted by Gasteiger charge is -2.33. The summed E-state index contributed by atoms with van der Waals surface area (Å²) in [6.45, 7) is 3.91. The number of carbonyl (C=O) groups is 3. The summed E-state index contributed by atoms with van der Waals surface area (Å²) in [7, 11) is 0. The maximum atomic E-state index is 12.9. The van der Waals surface area contributed by atoms with E-state index >= 15 is 0 Å². The van der Waals surface area contributed by atoms with Gasteiger partial charge in [0.15, 0.2) is 0 Å². The molecule has 0 bridgehead atoms. The lowest BCUT2D eigenvalue weighted by Crippen LogP contribution is -2.43. The molecule has 1 fully saturated rings. The standard InChI is InChI=1S/C26H25N3O4S/c1-17-6-8-19(9-7-17)33-15-23-27-22(16-34-23)26(32)28-12-10-18(11-13-28)14-29-24(30)20-4-2-3-5-21(20)25(29)31/h2-9,16,18H,10-15H2,1H3. The van der Waals surface area contributed by atoms with Crippen molar-refractivity contribution >= 4 is 29.1 Å². The lowest BCUT2D eigenvalue weighted by atomic mass is 9.96. The molecule has 0 saturated carbocycles. The maximum Gasteiger partial charge on any atom is 0.273 e. The highest BCUT2D eigenvalue weighted by atomic mass is 32.1. The van der Waals surface area contributed by atoms with Crippen molar-refractivity contribution < 1.29 is 19.1 Å². The highest BCUT2D eigenvalue weighted by molar-refractivity contribution is 7.09. The van der Waals surface area contributed by atoms with Crippen LogP contribution in [0.1, 0.15) is 54.6 Å². The van der Waals surface area contributed by atoms with Gasteiger partial charge < -0.3 is 9.64 Å². The molecule has 5 rings (SSSR count). The molecule has 34 heavy (non-hydrogen) atoms. The minimum atomic E-state index is -0.220. The van der Waals surface area contributed by atoms with E-state index in [9.17, 15) is 14.4 Å². The van der Waals surface area contributed by atoms with Crippen LogP contribution < -0.4 is 4.74 Å². The van der Waals surface area contributed by atoms with E-state index in [4.69, 9.17) is 4.74 Å². The van der Waals surface area contributed by atoms with E-state index in [1.807, 2.05) is 31.2 Å². The number of thiazole rings is 1. The molecule has 7 nitrogen and oxygen atoms in total. The average Bonchev–Trinajstić information content (AvgIpc) is 3.43. The van der Waals surface area contributed by atoms with Crippen molar-refractivity contribution in [1.29, 1.82) is 0 Å². The molecule has 1 saturated heterocycles. The summed E-state index contributed by atoms with van der Waals surface area (Å²) in [4.78, 5) is 45.8. The fraction of sp³-hybridized carbons (Fsp3) is 0.308. The Balaban J connectivity index is 1.13. The summed E-state index contributed by atoms with van der Waals surface area (Å²) in [6, 6.07) is 14.8. The fourth-order valence-corrected chi connectivity index (χ4v) is 5.08. The van der Waals surface area contributed by atoms with Crippen LogP contribution in [-0.2, 0) is 6.61 Å². The van der Waals surface area contributed by atoms with Crippen molar-refractivity contribution in [2.24, 2.45) is 5.92 Å². The van der Waals surface area contributed by atoms with Gasteiger partial charge in [0.2, 0.25) is 0 Å². The number of aromatic nitrogens is 1. The van der Waals surface area contributed by atoms with Crippen LogP contribution in [0.5, 0.6) is 5.75 Å². The molecule has 0 spiro atoms. The number of ether oxygens (including phenoxy) is 1. The van der Waals surface area contributed by atoms with Crippen molar-refractivity contribution in [2.75, 3.05) is 19.6 Å². The Hall–Kier alpha value is -3.52. The topological polar surface area (TPSA) is 79.8 Å². The summed E-state index contributed by atoms with van der Waals surface area (Å²) in [5.41, 5.74) is 2.56. The van der Waals surface area contributed by atoms with E-state index in [1.54, 1.807) is 34.5 Å². The first-order valence-corrected chi connectivity index (χ1v) is 12.3. The Kier molecular flexibility index (Phi) is 6.15. The zero-order valence-electron chi connectivity index (χ0n) is 18.9. The van der Waals surface area contributed by atoms with Gasteiger partial charge in [-0.1, -0.05) is 29.8 Å². The number of piperidine rings is 1. The number of hydrogen-bond donors (Lipinski definition) is 0. The second-order valence-corrected chi connectivity index (χ2v) is 9.67. The van der Waals surface area contributed by atoms with Crippen molar-refractivity contribution in [1.82, 2.24) is 14.8 Å². The van der Waals surface area contributed by atoms with Gasteiger partial charge in [-0.05, 0) is 49.9 Å². The Labute approximate surface area is 202 Å². The molecular weight excluding hydrogens is 450 g/mol. The number of carbonyl (C=O) groups excluding carboxylic acids is 3. The number of imide groups is 1. The number of nitrogens with zero attached hydrogens (tertiary/aromatic N) is 3. The second kappa shape index (κ2) is 9.38. The minimum absolute atomic E-state index is 0.0861. The Bertz CT molecular complexity index is 1190. The molecule has 3 heterocycles. The van der Waals surface area contributed by atoms with Crippen molar-refractivity contribution in [3.63, 3.8) is 0 Å². The van der Waals surface area contributed by atoms with E-state index < -0.39 is 0 Å². The third-order valence-electron chi connectivity index (χ3n) is 6.37. The molecule has 2 aromatic carbocycles. The number of aryl methyl sites for hydroxylation is 1. The Morgan fingerprint density at radius 3 is 2.32 bits per heavy atom. The van der Waals surface area contributed by atoms with Crippen LogP contribution in [0.2, 0.25) is 0 Å². The molecule has 0 aliphatic carbocycles. The largest absolute Gasteiger partial charge is 0.486 e. The summed E-state index contributed by atoms with van der Waals surface area (Å²) >= 11 is 1.42. The first-order chi connectivity index (χ1) is 16.5. The van der Waals surface area contributed by atoms with Gasteiger partial charge >= 0.3 is 0 Å². The molecule has 174 valence electrons. The van der Waals surface area contributed by atoms with E-state index in [0.717, 1.165) is 23.6 Å². The molecule has 3 amide bonds. The molecular formula is C26H25N3O4S. The molecule has 3 aromatic rings. The van der Waals surface area contributed by atoms with Gasteiger partial charge in [0.05, 0.1) is 11.1 Å². The summed E-state index contributed by atoms with van der Waals surface area (Å²) in [6.07, 6.45) is 1.49. The van der Waals surface area contributed by atoms with Crippen LogP contribution in [0.4, 0.5) is 0 Å². The van der Waals surface area contributed by atoms with Gasteiger partial charge in [0.25, 0.3) is 17.7 Å². The predicted molar refractivity (Wildman–Crippen MR) is 128 cm³/mol. The van der Waals surface area contributed by atoms with Crippen LogP contribution in [0.15, 0.2) is 53.9 Å². The fourth-order valence-electron chi connectivity index (χ4n) is 4.40. The number of likely N-dealkylation sites (tertiary alicyclic amines) is 1. The average molecular weight is 476 g/mol. The van der Waals surface area contributed by atoms with E-state index in [1.165, 1.54) is 21.8 Å². The third kappa shape index (κ3) is 4.46. The van der Waals surface area contributed by atoms with Crippen molar-refractivity contribution in [3.05, 3.63) is 81.3 Å². The molecule has 0 atom stereocenters. The van der Waals surface area contributed by atoms with E-state index in [-0.39, 0.29) is 23.6 Å². The number of hydrogen-bond acceptors (Lipinski definition) is 6. The van der Waals surface area contributed by atoms with Crippen LogP contribution in [0.25, 0.3) is 0 Å². The number of benzene rings is 2. The zero-order valence-corrected chi connectivity index (χ0v) is 19.7. The number of fused-ring (bicyclic) bond motifs is 1. The molecule has 2 aliphatic heterocycles. The summed E-state index contributed by atoms with van der Waals surface area (Å²) < 4.78 is 5.77. The smallest absolute Gasteiger partial charge is 0.273 e. The SMILES string of the molecule is Cc1ccc(OCc2nc(C(=O)N3CCC(CN4C(=O)c5ccccc5C4=O)CC3)cs2)cc1. The molecule has 0 N–H and O–H groups in total. The number of rotatable bonds is 6. The lowest BCUT2D eigenvalue weighted by molar-refractivity contribution is 0.0556. The maximum absolute atomic E-state index is 12.9. The van der Waals surface area contributed by atoms with Crippen LogP contribution in [0.3, 0.4) is 0 Å². The van der Waals surface area contributed by atoms with Gasteiger partial charge in [0, 0.05) is 25.0 Å². The minimum Gasteiger partial charge on any atom is -0.486 e. The van der Waals surface area contributed by atoms with Crippen molar-refractivity contribution in [3.8, 4) is 5.75 Å². The molecule has 0 radical (unpaired) electrons. The molecule has 0 unspecified atom stereocenters. The summed E-state index contributed by atoms with van der Waals surface area (Å²) in [5, 5.41) is 2.53. The van der Waals surface area contributed by atoms with Gasteiger partial charge in [-0.15, -0.1) is 11.3 Å². The van der Waals surface area contributed by atoms with E-state index in [0.29, 0.717) is 43.1 Å². The summed E-state index contributed by atoms with van der Waals surface area (Å²) in [5.74, 6) is 0.426. The normalized spacial score (nSPS) is 16.1. The molecule has 8 heteroatoms. The molecule has 1 aromatic heterocycles. The Morgan fingerprint density at radius 2 is 1.68 bits per heavy atom. The van der Waals surface area contributed by atoms with Gasteiger partial charge in [-0.25, -0.2) is 4.98 Å². The Morgan fingerprint density at radius 1 is 1.03 bits per heavy atom. The number of amides is 3. The quantitative estimate of drug-likeness (QED) is 0.500. The van der Waals surface area contributed by atoms with Gasteiger partial charge in [-0.2, -0.15) is 0 Å². The van der Waals surface area contributed by atoms with Crippen LogP contribution >= 0.6 is 11.3 Å². The second-order valence-electron chi connectivity index (χ2n) is 8.73. The third-order valence-corrected chi connectivity index (χ3v) is 7.20. The highest BCUT2D eigenvalue weighted by Gasteiger charge is 2.37. The highest BCUT2D eigenvalue weighted by Crippen LogP contribution is 2.27. The van der Waals surface area contributed by atoms with E-state index in [2.05, 4.69) is 4.98 Å². The van der Waals surface area contributed by atoms with Gasteiger partial charge in [0.1, 0.15) is 23.1 Å². The van der Waals surface area contributed by atoms with Crippen LogP contribution in [0, 0.1) is 12.8 Å². The first-order valence-electron chi connectivity index (χ1n) is 11.4. The van der Waals surface area contributed by atoms with Gasteiger partial charge in [-0.3, -0.25) is 19.3 Å². The molecule has 2 aliphatic rings. The predicted octanol–water partition coefficient (Wildman–Crippen LogP) is 4.18. The monoisotopic (exact) mass is 475 g/mol. The zero-order chi connectivity index (χ0) is 23.7. The van der Waals surface area contributed by atoms with Crippen LogP contribution in [-0.4, -0.2) is 52.1 Å². The van der Waals surface area contributed by atoms with Crippen molar-refractivity contribution in [2.45, 2.75) is 26.4 Å².